The molecule has 0 fully saturated rings. The number of nitrogens with one attached hydrogen (secondary N) is 1. The first-order chi connectivity index (χ1) is 15.1. The quantitative estimate of drug-likeness (QED) is 0.302. The zero-order valence-corrected chi connectivity index (χ0v) is 19.0. The van der Waals surface area contributed by atoms with Crippen LogP contribution in [-0.4, -0.2) is 37.3 Å². The lowest BCUT2D eigenvalue weighted by molar-refractivity contribution is 0.279. The van der Waals surface area contributed by atoms with E-state index in [0.717, 1.165) is 36.4 Å². The van der Waals surface area contributed by atoms with Gasteiger partial charge in [-0.3, -0.25) is 0 Å². The van der Waals surface area contributed by atoms with Crippen molar-refractivity contribution in [2.45, 2.75) is 19.3 Å². The van der Waals surface area contributed by atoms with E-state index in [4.69, 9.17) is 21.7 Å². The van der Waals surface area contributed by atoms with E-state index in [1.54, 1.807) is 0 Å². The molecule has 31 heavy (non-hydrogen) atoms. The summed E-state index contributed by atoms with van der Waals surface area (Å²) in [4.78, 5) is 1.86. The van der Waals surface area contributed by atoms with Gasteiger partial charge in [-0.15, -0.1) is 0 Å². The largest absolute Gasteiger partial charge is 0.494 e. The van der Waals surface area contributed by atoms with Crippen molar-refractivity contribution in [2.75, 3.05) is 32.6 Å². The van der Waals surface area contributed by atoms with Gasteiger partial charge < -0.3 is 19.7 Å². The van der Waals surface area contributed by atoms with E-state index < -0.39 is 0 Å². The fourth-order valence-corrected chi connectivity index (χ4v) is 3.15. The summed E-state index contributed by atoms with van der Waals surface area (Å²) < 4.78 is 11.7. The van der Waals surface area contributed by atoms with Crippen LogP contribution >= 0.6 is 12.2 Å². The molecule has 0 unspecified atom stereocenters. The highest BCUT2D eigenvalue weighted by Gasteiger charge is 2.02. The molecule has 0 aliphatic heterocycles. The summed E-state index contributed by atoms with van der Waals surface area (Å²) in [6.07, 6.45) is 3.05. The minimum Gasteiger partial charge on any atom is -0.494 e. The van der Waals surface area contributed by atoms with Gasteiger partial charge in [-0.1, -0.05) is 48.5 Å². The van der Waals surface area contributed by atoms with Crippen molar-refractivity contribution < 1.29 is 9.47 Å². The first kappa shape index (κ1) is 22.6. The molecule has 0 atom stereocenters. The first-order valence-corrected chi connectivity index (χ1v) is 11.0. The summed E-state index contributed by atoms with van der Waals surface area (Å²) >= 11 is 5.28. The molecule has 0 amide bonds. The van der Waals surface area contributed by atoms with Gasteiger partial charge >= 0.3 is 0 Å². The Morgan fingerprint density at radius 1 is 0.742 bits per heavy atom. The number of ether oxygens (including phenoxy) is 2. The monoisotopic (exact) mass is 434 g/mol. The molecule has 0 saturated carbocycles. The van der Waals surface area contributed by atoms with E-state index in [2.05, 4.69) is 41.7 Å². The molecule has 0 saturated heterocycles. The number of benzene rings is 3. The van der Waals surface area contributed by atoms with Crippen molar-refractivity contribution in [1.29, 1.82) is 0 Å². The highest BCUT2D eigenvalue weighted by atomic mass is 32.1. The van der Waals surface area contributed by atoms with Crippen molar-refractivity contribution >= 4 is 23.0 Å². The smallest absolute Gasteiger partial charge is 0.172 e. The summed E-state index contributed by atoms with van der Waals surface area (Å²) in [6.45, 7) is 1.40. The van der Waals surface area contributed by atoms with Gasteiger partial charge in [0.15, 0.2) is 5.11 Å². The molecule has 0 heterocycles. The molecule has 3 rings (SSSR count). The van der Waals surface area contributed by atoms with Crippen LogP contribution in [0.15, 0.2) is 78.9 Å². The fraction of sp³-hybridized carbons (Fsp3) is 0.269. The number of unbranched alkanes of at least 4 members (excludes halogenated alkanes) is 2. The van der Waals surface area contributed by atoms with Crippen LogP contribution in [0, 0.1) is 0 Å². The van der Waals surface area contributed by atoms with Gasteiger partial charge in [0.2, 0.25) is 0 Å². The Balaban J connectivity index is 1.31. The molecule has 5 heteroatoms. The normalized spacial score (nSPS) is 10.4. The lowest BCUT2D eigenvalue weighted by Crippen LogP contribution is -2.26. The second-order valence-electron chi connectivity index (χ2n) is 7.50. The van der Waals surface area contributed by atoms with E-state index in [1.807, 2.05) is 61.5 Å². The Hall–Kier alpha value is -3.05. The SMILES string of the molecule is CN(C)C(=S)Nc1cccc(OCCCCCOc2ccc(-c3ccccc3)cc2)c1. The third kappa shape index (κ3) is 7.61. The first-order valence-electron chi connectivity index (χ1n) is 10.6. The predicted molar refractivity (Wildman–Crippen MR) is 133 cm³/mol. The summed E-state index contributed by atoms with van der Waals surface area (Å²) in [5, 5.41) is 3.86. The Kier molecular flexibility index (Phi) is 8.73. The number of hydrogen-bond donors (Lipinski definition) is 1. The van der Waals surface area contributed by atoms with Gasteiger partial charge in [-0.2, -0.15) is 0 Å². The number of thiocarbonyl (C=S) groups is 1. The molecule has 0 aromatic heterocycles. The van der Waals surface area contributed by atoms with Crippen LogP contribution in [-0.2, 0) is 0 Å². The highest BCUT2D eigenvalue weighted by molar-refractivity contribution is 7.80. The molecular formula is C26H30N2O2S. The van der Waals surface area contributed by atoms with E-state index in [0.29, 0.717) is 18.3 Å². The summed E-state index contributed by atoms with van der Waals surface area (Å²) in [5.41, 5.74) is 3.35. The third-order valence-corrected chi connectivity index (χ3v) is 5.25. The molecule has 4 nitrogen and oxygen atoms in total. The van der Waals surface area contributed by atoms with Crippen LogP contribution in [0.2, 0.25) is 0 Å². The van der Waals surface area contributed by atoms with Crippen LogP contribution in [0.3, 0.4) is 0 Å². The molecule has 0 aliphatic rings. The minimum atomic E-state index is 0.673. The van der Waals surface area contributed by atoms with E-state index in [-0.39, 0.29) is 0 Å². The van der Waals surface area contributed by atoms with E-state index in [9.17, 15) is 0 Å². The number of nitrogens with zero attached hydrogens (tertiary/aromatic N) is 1. The molecule has 0 spiro atoms. The van der Waals surface area contributed by atoms with Crippen LogP contribution in [0.1, 0.15) is 19.3 Å². The lowest BCUT2D eigenvalue weighted by Gasteiger charge is -2.16. The van der Waals surface area contributed by atoms with Crippen molar-refractivity contribution in [3.05, 3.63) is 78.9 Å². The Morgan fingerprint density at radius 3 is 2.06 bits per heavy atom. The molecule has 162 valence electrons. The zero-order valence-electron chi connectivity index (χ0n) is 18.2. The van der Waals surface area contributed by atoms with Gasteiger partial charge in [-0.25, -0.2) is 0 Å². The maximum Gasteiger partial charge on any atom is 0.172 e. The standard InChI is InChI=1S/C26H30N2O2S/c1-28(2)26(31)27-23-12-9-13-25(20-23)30-19-8-4-7-18-29-24-16-14-22(15-17-24)21-10-5-3-6-11-21/h3,5-6,9-17,20H,4,7-8,18-19H2,1-2H3,(H,27,31). The molecule has 3 aromatic carbocycles. The molecule has 0 aliphatic carbocycles. The van der Waals surface area contributed by atoms with Crippen LogP contribution in [0.5, 0.6) is 11.5 Å². The Morgan fingerprint density at radius 2 is 1.39 bits per heavy atom. The topological polar surface area (TPSA) is 33.7 Å². The fourth-order valence-electron chi connectivity index (χ4n) is 3.03. The molecule has 1 N–H and O–H groups in total. The summed E-state index contributed by atoms with van der Waals surface area (Å²) in [6, 6.07) is 26.5. The van der Waals surface area contributed by atoms with E-state index >= 15 is 0 Å². The van der Waals surface area contributed by atoms with Crippen molar-refractivity contribution in [3.63, 3.8) is 0 Å². The van der Waals surface area contributed by atoms with Gasteiger partial charge in [0.25, 0.3) is 0 Å². The lowest BCUT2D eigenvalue weighted by atomic mass is 10.1. The van der Waals surface area contributed by atoms with Gasteiger partial charge in [0.1, 0.15) is 11.5 Å². The predicted octanol–water partition coefficient (Wildman–Crippen LogP) is 6.24. The second kappa shape index (κ2) is 12.0. The Labute approximate surface area is 190 Å². The molecule has 3 aromatic rings. The van der Waals surface area contributed by atoms with Crippen molar-refractivity contribution in [3.8, 4) is 22.6 Å². The Bertz CT molecular complexity index is 943. The van der Waals surface area contributed by atoms with Crippen molar-refractivity contribution in [1.82, 2.24) is 4.90 Å². The highest BCUT2D eigenvalue weighted by Crippen LogP contribution is 2.22. The summed E-state index contributed by atoms with van der Waals surface area (Å²) in [7, 11) is 3.83. The number of rotatable bonds is 10. The number of hydrogen-bond acceptors (Lipinski definition) is 3. The maximum absolute atomic E-state index is 5.87. The van der Waals surface area contributed by atoms with Gasteiger partial charge in [0, 0.05) is 25.8 Å². The van der Waals surface area contributed by atoms with Crippen LogP contribution in [0.4, 0.5) is 5.69 Å². The van der Waals surface area contributed by atoms with Gasteiger partial charge in [0.05, 0.1) is 13.2 Å². The average Bonchev–Trinajstić information content (AvgIpc) is 2.79. The minimum absolute atomic E-state index is 0.673. The summed E-state index contributed by atoms with van der Waals surface area (Å²) in [5.74, 6) is 1.76. The molecular weight excluding hydrogens is 404 g/mol. The van der Waals surface area contributed by atoms with Gasteiger partial charge in [-0.05, 0) is 66.9 Å². The van der Waals surface area contributed by atoms with Crippen LogP contribution in [0.25, 0.3) is 11.1 Å². The molecule has 0 bridgehead atoms. The second-order valence-corrected chi connectivity index (χ2v) is 7.89. The van der Waals surface area contributed by atoms with Crippen LogP contribution < -0.4 is 14.8 Å². The zero-order chi connectivity index (χ0) is 21.9. The maximum atomic E-state index is 5.87. The van der Waals surface area contributed by atoms with E-state index in [1.165, 1.54) is 11.1 Å². The van der Waals surface area contributed by atoms with Crippen molar-refractivity contribution in [2.24, 2.45) is 0 Å². The number of anilines is 1. The third-order valence-electron chi connectivity index (χ3n) is 4.78. The molecule has 0 radical (unpaired) electrons. The average molecular weight is 435 g/mol.